The number of halogens is 2. The first-order valence-electron chi connectivity index (χ1n) is 3.94. The monoisotopic (exact) mass is 280 g/mol. The Labute approximate surface area is 95.1 Å². The van der Waals surface area contributed by atoms with E-state index in [1.54, 1.807) is 10.8 Å². The van der Waals surface area contributed by atoms with E-state index in [2.05, 4.69) is 20.7 Å². The molecule has 4 nitrogen and oxygen atoms in total. The molecule has 0 amide bonds. The Hall–Kier alpha value is -0.520. The predicted molar refractivity (Wildman–Crippen MR) is 57.5 cm³/mol. The van der Waals surface area contributed by atoms with Gasteiger partial charge in [-0.25, -0.2) is 4.79 Å². The molecule has 14 heavy (non-hydrogen) atoms. The average molecular weight is 282 g/mol. The van der Waals surface area contributed by atoms with E-state index < -0.39 is 5.97 Å². The highest BCUT2D eigenvalue weighted by Crippen LogP contribution is 2.28. The molecule has 0 saturated carbocycles. The van der Waals surface area contributed by atoms with E-state index in [9.17, 15) is 4.79 Å². The number of carbonyl (C=O) groups excluding carboxylic acids is 1. The molecule has 0 spiro atoms. The van der Waals surface area contributed by atoms with E-state index in [4.69, 9.17) is 17.3 Å². The van der Waals surface area contributed by atoms with Gasteiger partial charge in [0.1, 0.15) is 5.69 Å². The largest absolute Gasteiger partial charge is 0.464 e. The molecule has 0 aliphatic heterocycles. The third-order valence-electron chi connectivity index (χ3n) is 1.72. The molecule has 1 heterocycles. The van der Waals surface area contributed by atoms with Crippen molar-refractivity contribution in [2.75, 3.05) is 13.7 Å². The molecule has 1 aromatic heterocycles. The average Bonchev–Trinajstić information content (AvgIpc) is 2.43. The Morgan fingerprint density at radius 1 is 1.79 bits per heavy atom. The maximum absolute atomic E-state index is 11.4. The molecule has 0 unspecified atom stereocenters. The number of nitrogens with zero attached hydrogens (tertiary/aromatic N) is 1. The van der Waals surface area contributed by atoms with Gasteiger partial charge in [-0.05, 0) is 15.9 Å². The number of hydrogen-bond donors (Lipinski definition) is 1. The van der Waals surface area contributed by atoms with Crippen LogP contribution in [-0.2, 0) is 11.3 Å². The normalized spacial score (nSPS) is 10.3. The van der Waals surface area contributed by atoms with Crippen molar-refractivity contribution < 1.29 is 9.53 Å². The Kier molecular flexibility index (Phi) is 3.97. The molecule has 0 aliphatic carbocycles. The fraction of sp³-hybridized carbons (Fsp3) is 0.375. The van der Waals surface area contributed by atoms with Crippen LogP contribution >= 0.6 is 27.5 Å². The van der Waals surface area contributed by atoms with Crippen molar-refractivity contribution in [1.29, 1.82) is 0 Å². The van der Waals surface area contributed by atoms with Gasteiger partial charge >= 0.3 is 5.97 Å². The van der Waals surface area contributed by atoms with Gasteiger partial charge in [0.15, 0.2) is 0 Å². The number of hydrogen-bond acceptors (Lipinski definition) is 3. The van der Waals surface area contributed by atoms with E-state index in [0.717, 1.165) is 0 Å². The summed E-state index contributed by atoms with van der Waals surface area (Å²) in [6, 6.07) is 0. The minimum absolute atomic E-state index is 0.325. The second-order valence-electron chi connectivity index (χ2n) is 2.61. The number of esters is 1. The summed E-state index contributed by atoms with van der Waals surface area (Å²) >= 11 is 9.15. The van der Waals surface area contributed by atoms with Crippen LogP contribution in [0, 0.1) is 0 Å². The van der Waals surface area contributed by atoms with Crippen molar-refractivity contribution in [3.8, 4) is 0 Å². The topological polar surface area (TPSA) is 57.2 Å². The third kappa shape index (κ3) is 2.10. The van der Waals surface area contributed by atoms with Crippen LogP contribution in [0.25, 0.3) is 0 Å². The molecule has 0 bridgehead atoms. The molecule has 0 saturated heterocycles. The van der Waals surface area contributed by atoms with Crippen LogP contribution in [0.2, 0.25) is 5.02 Å². The highest BCUT2D eigenvalue weighted by atomic mass is 79.9. The summed E-state index contributed by atoms with van der Waals surface area (Å²) < 4.78 is 6.94. The van der Waals surface area contributed by atoms with E-state index >= 15 is 0 Å². The first-order chi connectivity index (χ1) is 6.61. The summed E-state index contributed by atoms with van der Waals surface area (Å²) in [5.41, 5.74) is 5.72. The van der Waals surface area contributed by atoms with Gasteiger partial charge in [0.25, 0.3) is 0 Å². The van der Waals surface area contributed by atoms with Gasteiger partial charge < -0.3 is 15.0 Å². The van der Waals surface area contributed by atoms with Crippen molar-refractivity contribution in [3.05, 3.63) is 21.4 Å². The zero-order valence-corrected chi connectivity index (χ0v) is 9.93. The molecular weight excluding hydrogens is 271 g/mol. The Balaban J connectivity index is 3.15. The first kappa shape index (κ1) is 11.6. The number of methoxy groups -OCH3 is 1. The van der Waals surface area contributed by atoms with Crippen molar-refractivity contribution >= 4 is 33.5 Å². The summed E-state index contributed by atoms with van der Waals surface area (Å²) in [5.74, 6) is -0.464. The zero-order valence-electron chi connectivity index (χ0n) is 7.59. The molecule has 2 N–H and O–H groups in total. The van der Waals surface area contributed by atoms with Crippen LogP contribution in [0.4, 0.5) is 0 Å². The molecule has 78 valence electrons. The van der Waals surface area contributed by atoms with Gasteiger partial charge in [-0.1, -0.05) is 11.6 Å². The molecule has 1 rings (SSSR count). The van der Waals surface area contributed by atoms with E-state index in [1.807, 2.05) is 0 Å². The van der Waals surface area contributed by atoms with Gasteiger partial charge in [0, 0.05) is 19.3 Å². The van der Waals surface area contributed by atoms with Gasteiger partial charge in [-0.15, -0.1) is 0 Å². The summed E-state index contributed by atoms with van der Waals surface area (Å²) in [7, 11) is 1.31. The number of carbonyl (C=O) groups is 1. The molecule has 0 fully saturated rings. The lowest BCUT2D eigenvalue weighted by atomic mass is 10.4. The Morgan fingerprint density at radius 3 is 2.93 bits per heavy atom. The highest BCUT2D eigenvalue weighted by molar-refractivity contribution is 9.10. The number of ether oxygens (including phenoxy) is 1. The zero-order chi connectivity index (χ0) is 10.7. The highest BCUT2D eigenvalue weighted by Gasteiger charge is 2.19. The quantitative estimate of drug-likeness (QED) is 0.857. The van der Waals surface area contributed by atoms with Gasteiger partial charge in [0.05, 0.1) is 16.6 Å². The summed E-state index contributed by atoms with van der Waals surface area (Å²) in [6.45, 7) is 0.956. The Morgan fingerprint density at radius 2 is 2.43 bits per heavy atom. The predicted octanol–water partition coefficient (Wildman–Crippen LogP) is 1.65. The third-order valence-corrected chi connectivity index (χ3v) is 2.93. The van der Waals surface area contributed by atoms with Crippen molar-refractivity contribution in [1.82, 2.24) is 4.57 Å². The SMILES string of the molecule is COC(=O)c1c(Cl)c(Br)cn1CCN. The van der Waals surface area contributed by atoms with E-state index in [1.165, 1.54) is 7.11 Å². The maximum Gasteiger partial charge on any atom is 0.356 e. The smallest absolute Gasteiger partial charge is 0.356 e. The van der Waals surface area contributed by atoms with Crippen molar-refractivity contribution in [2.45, 2.75) is 6.54 Å². The molecule has 0 radical (unpaired) electrons. The summed E-state index contributed by atoms with van der Waals surface area (Å²) in [6.07, 6.45) is 1.71. The molecule has 0 atom stereocenters. The van der Waals surface area contributed by atoms with Crippen LogP contribution in [0.3, 0.4) is 0 Å². The van der Waals surface area contributed by atoms with Crippen LogP contribution in [-0.4, -0.2) is 24.2 Å². The van der Waals surface area contributed by atoms with E-state index in [0.29, 0.717) is 28.3 Å². The van der Waals surface area contributed by atoms with Crippen molar-refractivity contribution in [2.24, 2.45) is 5.73 Å². The maximum atomic E-state index is 11.4. The van der Waals surface area contributed by atoms with Crippen LogP contribution < -0.4 is 5.73 Å². The summed E-state index contributed by atoms with van der Waals surface area (Å²) in [4.78, 5) is 11.4. The lowest BCUT2D eigenvalue weighted by Gasteiger charge is -2.05. The van der Waals surface area contributed by atoms with Crippen LogP contribution in [0.15, 0.2) is 10.7 Å². The number of rotatable bonds is 3. The van der Waals surface area contributed by atoms with Crippen LogP contribution in [0.5, 0.6) is 0 Å². The van der Waals surface area contributed by atoms with Crippen molar-refractivity contribution in [3.63, 3.8) is 0 Å². The molecule has 0 aromatic carbocycles. The number of nitrogens with two attached hydrogens (primary N) is 1. The second kappa shape index (κ2) is 4.82. The first-order valence-corrected chi connectivity index (χ1v) is 5.11. The molecule has 0 aliphatic rings. The Bertz CT molecular complexity index is 351. The second-order valence-corrected chi connectivity index (χ2v) is 3.85. The lowest BCUT2D eigenvalue weighted by Crippen LogP contribution is -2.15. The minimum atomic E-state index is -0.464. The van der Waals surface area contributed by atoms with Gasteiger partial charge in [-0.2, -0.15) is 0 Å². The van der Waals surface area contributed by atoms with Gasteiger partial charge in [0.2, 0.25) is 0 Å². The lowest BCUT2D eigenvalue weighted by molar-refractivity contribution is 0.0589. The standard InChI is InChI=1S/C8H10BrClN2O2/c1-14-8(13)7-6(10)5(9)4-12(7)3-2-11/h4H,2-3,11H2,1H3. The van der Waals surface area contributed by atoms with Gasteiger partial charge in [-0.3, -0.25) is 0 Å². The molecule has 6 heteroatoms. The molecular formula is C8H10BrClN2O2. The van der Waals surface area contributed by atoms with Crippen LogP contribution in [0.1, 0.15) is 10.5 Å². The fourth-order valence-electron chi connectivity index (χ4n) is 1.12. The minimum Gasteiger partial charge on any atom is -0.464 e. The molecule has 1 aromatic rings. The number of aromatic nitrogens is 1. The van der Waals surface area contributed by atoms with E-state index in [-0.39, 0.29) is 0 Å². The fourth-order valence-corrected chi connectivity index (χ4v) is 1.79. The summed E-state index contributed by atoms with van der Waals surface area (Å²) in [5, 5.41) is 0.352.